The number of benzene rings is 1. The zero-order chi connectivity index (χ0) is 12.6. The van der Waals surface area contributed by atoms with Crippen LogP contribution >= 0.6 is 38.9 Å². The van der Waals surface area contributed by atoms with Crippen LogP contribution in [-0.2, 0) is 0 Å². The van der Waals surface area contributed by atoms with Gasteiger partial charge in [0, 0.05) is 10.4 Å². The minimum Gasteiger partial charge on any atom is -0.319 e. The second kappa shape index (κ2) is 5.02. The van der Waals surface area contributed by atoms with E-state index in [1.807, 2.05) is 0 Å². The smallest absolute Gasteiger partial charge is 0.145 e. The van der Waals surface area contributed by atoms with E-state index in [1.54, 1.807) is 12.1 Å². The molecule has 0 fully saturated rings. The van der Waals surface area contributed by atoms with Crippen LogP contribution in [0.15, 0.2) is 28.7 Å². The topological polar surface area (TPSA) is 26.0 Å². The Kier molecular flexibility index (Phi) is 3.82. The quantitative estimate of drug-likeness (QED) is 0.802. The van der Waals surface area contributed by atoms with Crippen molar-refractivity contribution in [1.29, 1.82) is 0 Å². The predicted octanol–water partition coefficient (Wildman–Crippen LogP) is 4.49. The van der Waals surface area contributed by atoms with Crippen LogP contribution in [0, 0.1) is 11.6 Å². The molecule has 1 aromatic carbocycles. The maximum absolute atomic E-state index is 13.8. The fraction of sp³-hybridized carbons (Fsp3) is 0.0909. The largest absolute Gasteiger partial charge is 0.319 e. The summed E-state index contributed by atoms with van der Waals surface area (Å²) >= 11 is 9.98. The van der Waals surface area contributed by atoms with Crippen molar-refractivity contribution in [1.82, 2.24) is 0 Å². The van der Waals surface area contributed by atoms with Gasteiger partial charge >= 0.3 is 0 Å². The molecule has 1 heterocycles. The minimum atomic E-state index is -0.856. The van der Waals surface area contributed by atoms with Crippen LogP contribution < -0.4 is 5.73 Å². The van der Waals surface area contributed by atoms with Gasteiger partial charge in [0.1, 0.15) is 11.6 Å². The number of thiophene rings is 1. The lowest BCUT2D eigenvalue weighted by Crippen LogP contribution is -2.14. The summed E-state index contributed by atoms with van der Waals surface area (Å²) in [6.07, 6.45) is 0. The molecule has 1 atom stereocenters. The number of halogens is 4. The van der Waals surface area contributed by atoms with E-state index in [4.69, 9.17) is 17.3 Å². The third-order valence-electron chi connectivity index (χ3n) is 2.29. The molecule has 0 saturated heterocycles. The van der Waals surface area contributed by atoms with E-state index in [-0.39, 0.29) is 10.0 Å². The van der Waals surface area contributed by atoms with Crippen LogP contribution in [0.2, 0.25) is 4.34 Å². The van der Waals surface area contributed by atoms with E-state index in [0.717, 1.165) is 0 Å². The van der Waals surface area contributed by atoms with Crippen molar-refractivity contribution in [2.75, 3.05) is 0 Å². The van der Waals surface area contributed by atoms with E-state index >= 15 is 0 Å². The lowest BCUT2D eigenvalue weighted by molar-refractivity contribution is 0.541. The molecule has 0 radical (unpaired) electrons. The molecule has 6 heteroatoms. The van der Waals surface area contributed by atoms with Crippen molar-refractivity contribution in [2.24, 2.45) is 5.73 Å². The summed E-state index contributed by atoms with van der Waals surface area (Å²) in [4.78, 5) is 0.617. The fourth-order valence-corrected chi connectivity index (χ4v) is 2.88. The highest BCUT2D eigenvalue weighted by Crippen LogP contribution is 2.33. The highest BCUT2D eigenvalue weighted by atomic mass is 79.9. The maximum atomic E-state index is 13.8. The monoisotopic (exact) mass is 337 g/mol. The van der Waals surface area contributed by atoms with Crippen LogP contribution in [0.25, 0.3) is 0 Å². The van der Waals surface area contributed by atoms with E-state index in [2.05, 4.69) is 15.9 Å². The van der Waals surface area contributed by atoms with Gasteiger partial charge in [-0.15, -0.1) is 11.3 Å². The van der Waals surface area contributed by atoms with Gasteiger partial charge in [0.2, 0.25) is 0 Å². The van der Waals surface area contributed by atoms with Gasteiger partial charge in [0.25, 0.3) is 0 Å². The van der Waals surface area contributed by atoms with Gasteiger partial charge in [-0.2, -0.15) is 0 Å². The standard InChI is InChI=1S/C11H7BrClF2NS/c12-5-1-2-6(14)9(10(5)15)11(16)7-3-4-8(13)17-7/h1-4,11H,16H2. The maximum Gasteiger partial charge on any atom is 0.145 e. The van der Waals surface area contributed by atoms with E-state index in [1.165, 1.54) is 23.5 Å². The molecule has 0 spiro atoms. The van der Waals surface area contributed by atoms with E-state index in [9.17, 15) is 8.78 Å². The molecule has 0 saturated carbocycles. The van der Waals surface area contributed by atoms with Gasteiger partial charge in [-0.05, 0) is 40.2 Å². The second-order valence-electron chi connectivity index (χ2n) is 3.38. The summed E-state index contributed by atoms with van der Waals surface area (Å²) in [7, 11) is 0. The molecule has 1 unspecified atom stereocenters. The van der Waals surface area contributed by atoms with Crippen LogP contribution in [0.5, 0.6) is 0 Å². The van der Waals surface area contributed by atoms with Gasteiger partial charge in [0.05, 0.1) is 14.9 Å². The van der Waals surface area contributed by atoms with Gasteiger partial charge < -0.3 is 5.73 Å². The SMILES string of the molecule is NC(c1ccc(Cl)s1)c1c(F)ccc(Br)c1F. The molecule has 0 aliphatic carbocycles. The summed E-state index contributed by atoms with van der Waals surface area (Å²) in [6, 6.07) is 4.94. The molecule has 1 aromatic heterocycles. The summed E-state index contributed by atoms with van der Waals surface area (Å²) in [5, 5.41) is 0. The summed E-state index contributed by atoms with van der Waals surface area (Å²) < 4.78 is 28.1. The van der Waals surface area contributed by atoms with E-state index < -0.39 is 17.7 Å². The molecule has 1 nitrogen and oxygen atoms in total. The molecule has 0 bridgehead atoms. The molecule has 0 aliphatic heterocycles. The number of hydrogen-bond acceptors (Lipinski definition) is 2. The Morgan fingerprint density at radius 1 is 1.24 bits per heavy atom. The zero-order valence-corrected chi connectivity index (χ0v) is 11.5. The lowest BCUT2D eigenvalue weighted by atomic mass is 10.1. The average molecular weight is 339 g/mol. The Labute approximate surface area is 114 Å². The third-order valence-corrected chi connectivity index (χ3v) is 4.22. The third kappa shape index (κ3) is 2.52. The van der Waals surface area contributed by atoms with E-state index in [0.29, 0.717) is 9.21 Å². The van der Waals surface area contributed by atoms with Gasteiger partial charge in [-0.25, -0.2) is 8.78 Å². The molecular weight excluding hydrogens is 332 g/mol. The Morgan fingerprint density at radius 3 is 2.53 bits per heavy atom. The Morgan fingerprint density at radius 2 is 1.94 bits per heavy atom. The van der Waals surface area contributed by atoms with Crippen molar-refractivity contribution >= 4 is 38.9 Å². The first-order valence-corrected chi connectivity index (χ1v) is 6.63. The first kappa shape index (κ1) is 13.0. The Hall–Kier alpha value is -0.490. The van der Waals surface area contributed by atoms with Crippen molar-refractivity contribution in [3.8, 4) is 0 Å². The van der Waals surface area contributed by atoms with Crippen molar-refractivity contribution < 1.29 is 8.78 Å². The average Bonchev–Trinajstić information content (AvgIpc) is 2.71. The molecule has 0 aliphatic rings. The van der Waals surface area contributed by atoms with Gasteiger partial charge in [-0.3, -0.25) is 0 Å². The first-order valence-electron chi connectivity index (χ1n) is 4.65. The van der Waals surface area contributed by atoms with Crippen LogP contribution in [0.3, 0.4) is 0 Å². The lowest BCUT2D eigenvalue weighted by Gasteiger charge is -2.13. The van der Waals surface area contributed by atoms with Crippen LogP contribution in [0.1, 0.15) is 16.5 Å². The normalized spacial score (nSPS) is 12.8. The highest BCUT2D eigenvalue weighted by Gasteiger charge is 2.21. The molecule has 17 heavy (non-hydrogen) atoms. The predicted molar refractivity (Wildman–Crippen MR) is 69.4 cm³/mol. The fourth-order valence-electron chi connectivity index (χ4n) is 1.47. The van der Waals surface area contributed by atoms with Crippen LogP contribution in [0.4, 0.5) is 8.78 Å². The molecule has 2 rings (SSSR count). The van der Waals surface area contributed by atoms with Crippen molar-refractivity contribution in [2.45, 2.75) is 6.04 Å². The Bertz CT molecular complexity index is 558. The van der Waals surface area contributed by atoms with Gasteiger partial charge in [-0.1, -0.05) is 11.6 Å². The molecular formula is C11H7BrClF2NS. The number of hydrogen-bond donors (Lipinski definition) is 1. The van der Waals surface area contributed by atoms with Crippen molar-refractivity contribution in [3.63, 3.8) is 0 Å². The summed E-state index contributed by atoms with van der Waals surface area (Å²) in [5.41, 5.74) is 5.70. The molecule has 0 amide bonds. The molecule has 90 valence electrons. The number of rotatable bonds is 2. The second-order valence-corrected chi connectivity index (χ2v) is 5.98. The Balaban J connectivity index is 2.50. The molecule has 2 aromatic rings. The molecule has 2 N–H and O–H groups in total. The minimum absolute atomic E-state index is 0.155. The van der Waals surface area contributed by atoms with Crippen molar-refractivity contribution in [3.05, 3.63) is 55.1 Å². The zero-order valence-electron chi connectivity index (χ0n) is 8.38. The summed E-state index contributed by atoms with van der Waals surface area (Å²) in [6.45, 7) is 0. The van der Waals surface area contributed by atoms with Crippen LogP contribution in [-0.4, -0.2) is 0 Å². The highest BCUT2D eigenvalue weighted by molar-refractivity contribution is 9.10. The number of nitrogens with two attached hydrogens (primary N) is 1. The first-order chi connectivity index (χ1) is 8.00. The summed E-state index contributed by atoms with van der Waals surface area (Å²) in [5.74, 6) is -1.34. The van der Waals surface area contributed by atoms with Gasteiger partial charge in [0.15, 0.2) is 0 Å².